The van der Waals surface area contributed by atoms with E-state index in [9.17, 15) is 9.59 Å². The van der Waals surface area contributed by atoms with Gasteiger partial charge < -0.3 is 14.4 Å². The van der Waals surface area contributed by atoms with Crippen molar-refractivity contribution in [1.82, 2.24) is 19.4 Å². The van der Waals surface area contributed by atoms with Gasteiger partial charge in [-0.3, -0.25) is 19.1 Å². The molecule has 0 N–H and O–H groups in total. The first-order valence-corrected chi connectivity index (χ1v) is 11.0. The Balaban J connectivity index is 1.25. The number of ether oxygens (including phenoxy) is 2. The largest absolute Gasteiger partial charge is 0.454 e. The van der Waals surface area contributed by atoms with Crippen LogP contribution in [0.4, 0.5) is 0 Å². The molecular weight excluding hydrogens is 408 g/mol. The standard InChI is InChI=1S/C24H26N4O4/c1-2-20(28-15-25-19-6-4-3-5-18(19)23(28)29)24(30)27-11-9-26(10-12-27)14-17-7-8-21-22(13-17)32-16-31-21/h3-8,13,15,20H,2,9-12,14,16H2,1H3/t20-/m1/s1. The highest BCUT2D eigenvalue weighted by Crippen LogP contribution is 2.32. The van der Waals surface area contributed by atoms with Crippen molar-refractivity contribution in [2.75, 3.05) is 33.0 Å². The number of benzene rings is 2. The summed E-state index contributed by atoms with van der Waals surface area (Å²) in [4.78, 5) is 34.9. The smallest absolute Gasteiger partial charge is 0.261 e. The molecule has 0 unspecified atom stereocenters. The minimum Gasteiger partial charge on any atom is -0.454 e. The van der Waals surface area contributed by atoms with E-state index in [1.165, 1.54) is 10.9 Å². The molecule has 5 rings (SSSR count). The number of fused-ring (bicyclic) bond motifs is 2. The number of para-hydroxylation sites is 1. The zero-order valence-electron chi connectivity index (χ0n) is 18.1. The first-order chi connectivity index (χ1) is 15.6. The molecule has 3 aromatic rings. The molecule has 1 amide bonds. The maximum atomic E-state index is 13.3. The molecule has 0 bridgehead atoms. The van der Waals surface area contributed by atoms with E-state index in [0.717, 1.165) is 36.7 Å². The van der Waals surface area contributed by atoms with E-state index in [-0.39, 0.29) is 18.3 Å². The molecule has 0 radical (unpaired) electrons. The molecule has 8 heteroatoms. The number of aromatic nitrogens is 2. The predicted molar refractivity (Wildman–Crippen MR) is 120 cm³/mol. The summed E-state index contributed by atoms with van der Waals surface area (Å²) in [7, 11) is 0. The van der Waals surface area contributed by atoms with Gasteiger partial charge in [-0.25, -0.2) is 4.98 Å². The van der Waals surface area contributed by atoms with Gasteiger partial charge in [-0.2, -0.15) is 0 Å². The number of carbonyl (C=O) groups is 1. The topological polar surface area (TPSA) is 76.9 Å². The second-order valence-corrected chi connectivity index (χ2v) is 8.19. The number of carbonyl (C=O) groups excluding carboxylic acids is 1. The lowest BCUT2D eigenvalue weighted by Crippen LogP contribution is -2.50. The normalized spacial score (nSPS) is 17.0. The van der Waals surface area contributed by atoms with E-state index in [1.807, 2.05) is 42.2 Å². The number of hydrogen-bond donors (Lipinski definition) is 0. The Labute approximate surface area is 186 Å². The van der Waals surface area contributed by atoms with Crippen molar-refractivity contribution in [3.8, 4) is 11.5 Å². The molecule has 1 saturated heterocycles. The van der Waals surface area contributed by atoms with Crippen LogP contribution in [0.5, 0.6) is 11.5 Å². The molecule has 0 saturated carbocycles. The lowest BCUT2D eigenvalue weighted by Gasteiger charge is -2.36. The maximum Gasteiger partial charge on any atom is 0.261 e. The molecule has 166 valence electrons. The monoisotopic (exact) mass is 434 g/mol. The van der Waals surface area contributed by atoms with Crippen molar-refractivity contribution < 1.29 is 14.3 Å². The molecule has 0 spiro atoms. The van der Waals surface area contributed by atoms with Crippen molar-refractivity contribution in [2.24, 2.45) is 0 Å². The molecule has 0 aliphatic carbocycles. The van der Waals surface area contributed by atoms with Crippen LogP contribution in [-0.4, -0.2) is 58.2 Å². The first-order valence-electron chi connectivity index (χ1n) is 11.0. The molecule has 3 heterocycles. The van der Waals surface area contributed by atoms with Crippen molar-refractivity contribution >= 4 is 16.8 Å². The van der Waals surface area contributed by atoms with Crippen molar-refractivity contribution in [1.29, 1.82) is 0 Å². The van der Waals surface area contributed by atoms with Crippen molar-refractivity contribution in [3.05, 3.63) is 64.7 Å². The van der Waals surface area contributed by atoms with Crippen molar-refractivity contribution in [3.63, 3.8) is 0 Å². The summed E-state index contributed by atoms with van der Waals surface area (Å²) in [6.45, 7) is 5.83. The van der Waals surface area contributed by atoms with Gasteiger partial charge in [-0.1, -0.05) is 25.1 Å². The van der Waals surface area contributed by atoms with Gasteiger partial charge in [0, 0.05) is 32.7 Å². The number of amides is 1. The van der Waals surface area contributed by atoms with Crippen LogP contribution < -0.4 is 15.0 Å². The Morgan fingerprint density at radius 1 is 1.06 bits per heavy atom. The van der Waals surface area contributed by atoms with Crippen LogP contribution >= 0.6 is 0 Å². The zero-order chi connectivity index (χ0) is 22.1. The van der Waals surface area contributed by atoms with Gasteiger partial charge in [0.1, 0.15) is 6.04 Å². The molecule has 1 aromatic heterocycles. The van der Waals surface area contributed by atoms with Crippen molar-refractivity contribution in [2.45, 2.75) is 25.9 Å². The van der Waals surface area contributed by atoms with E-state index in [4.69, 9.17) is 9.47 Å². The van der Waals surface area contributed by atoms with Gasteiger partial charge in [-0.15, -0.1) is 0 Å². The van der Waals surface area contributed by atoms with Gasteiger partial charge in [0.25, 0.3) is 5.56 Å². The van der Waals surface area contributed by atoms with E-state index in [1.54, 1.807) is 6.07 Å². The van der Waals surface area contributed by atoms with Crippen LogP contribution in [0, 0.1) is 0 Å². The molecule has 1 fully saturated rings. The SMILES string of the molecule is CC[C@H](C(=O)N1CCN(Cc2ccc3c(c2)OCO3)CC1)n1cnc2ccccc2c1=O. The molecule has 2 aliphatic rings. The molecule has 32 heavy (non-hydrogen) atoms. The molecular formula is C24H26N4O4. The minimum absolute atomic E-state index is 0.0191. The summed E-state index contributed by atoms with van der Waals surface area (Å²) in [5, 5.41) is 0.537. The third-order valence-electron chi connectivity index (χ3n) is 6.22. The van der Waals surface area contributed by atoms with Crippen LogP contribution in [0.3, 0.4) is 0 Å². The lowest BCUT2D eigenvalue weighted by molar-refractivity contribution is -0.136. The van der Waals surface area contributed by atoms with Gasteiger partial charge in [0.05, 0.1) is 17.2 Å². The Morgan fingerprint density at radius 2 is 1.84 bits per heavy atom. The summed E-state index contributed by atoms with van der Waals surface area (Å²) in [6, 6.07) is 12.7. The molecule has 2 aliphatic heterocycles. The Bertz CT molecular complexity index is 1200. The second-order valence-electron chi connectivity index (χ2n) is 8.19. The third kappa shape index (κ3) is 3.82. The average molecular weight is 434 g/mol. The lowest BCUT2D eigenvalue weighted by atomic mass is 10.1. The molecule has 2 aromatic carbocycles. The highest BCUT2D eigenvalue weighted by molar-refractivity contribution is 5.82. The second kappa shape index (κ2) is 8.63. The number of piperazine rings is 1. The third-order valence-corrected chi connectivity index (χ3v) is 6.22. The fourth-order valence-corrected chi connectivity index (χ4v) is 4.43. The minimum atomic E-state index is -0.542. The van der Waals surface area contributed by atoms with E-state index in [0.29, 0.717) is 30.4 Å². The van der Waals surface area contributed by atoms with E-state index < -0.39 is 6.04 Å². The quantitative estimate of drug-likeness (QED) is 0.614. The Kier molecular flexibility index (Phi) is 5.53. The van der Waals surface area contributed by atoms with Gasteiger partial charge >= 0.3 is 0 Å². The van der Waals surface area contributed by atoms with Crippen LogP contribution in [0.15, 0.2) is 53.6 Å². The summed E-state index contributed by atoms with van der Waals surface area (Å²) >= 11 is 0. The van der Waals surface area contributed by atoms with Gasteiger partial charge in [0.2, 0.25) is 12.7 Å². The van der Waals surface area contributed by atoms with E-state index in [2.05, 4.69) is 16.0 Å². The molecule has 1 atom stereocenters. The number of hydrogen-bond acceptors (Lipinski definition) is 6. The van der Waals surface area contributed by atoms with Crippen LogP contribution in [-0.2, 0) is 11.3 Å². The summed E-state index contributed by atoms with van der Waals surface area (Å²) in [5.74, 6) is 1.55. The summed E-state index contributed by atoms with van der Waals surface area (Å²) < 4.78 is 12.3. The molecule has 8 nitrogen and oxygen atoms in total. The fourth-order valence-electron chi connectivity index (χ4n) is 4.43. The van der Waals surface area contributed by atoms with Crippen LogP contribution in [0.1, 0.15) is 24.9 Å². The summed E-state index contributed by atoms with van der Waals surface area (Å²) in [6.07, 6.45) is 2.04. The van der Waals surface area contributed by atoms with Crippen LogP contribution in [0.25, 0.3) is 10.9 Å². The first kappa shape index (κ1) is 20.5. The van der Waals surface area contributed by atoms with Crippen LogP contribution in [0.2, 0.25) is 0 Å². The fraction of sp³-hybridized carbons (Fsp3) is 0.375. The average Bonchev–Trinajstić information content (AvgIpc) is 3.29. The Hall–Kier alpha value is -3.39. The highest BCUT2D eigenvalue weighted by Gasteiger charge is 2.29. The Morgan fingerprint density at radius 3 is 2.66 bits per heavy atom. The van der Waals surface area contributed by atoms with Gasteiger partial charge in [0.15, 0.2) is 11.5 Å². The maximum absolute atomic E-state index is 13.3. The number of nitrogens with zero attached hydrogens (tertiary/aromatic N) is 4. The zero-order valence-corrected chi connectivity index (χ0v) is 18.1. The highest BCUT2D eigenvalue weighted by atomic mass is 16.7. The van der Waals surface area contributed by atoms with E-state index >= 15 is 0 Å². The predicted octanol–water partition coefficient (Wildman–Crippen LogP) is 2.42. The van der Waals surface area contributed by atoms with Gasteiger partial charge in [-0.05, 0) is 36.2 Å². The number of rotatable bonds is 5. The summed E-state index contributed by atoms with van der Waals surface area (Å²) in [5.41, 5.74) is 1.64.